The van der Waals surface area contributed by atoms with Crippen molar-refractivity contribution in [1.82, 2.24) is 0 Å². The first kappa shape index (κ1) is 10.3. The Bertz CT molecular complexity index is 349. The SMILES string of the molecule is CC1(O)CCCN(c2cccc(N)c2)C1. The lowest BCUT2D eigenvalue weighted by Crippen LogP contribution is -2.46. The zero-order valence-corrected chi connectivity index (χ0v) is 9.11. The minimum atomic E-state index is -0.567. The standard InChI is InChI=1S/C12H18N2O/c1-12(15)6-3-7-14(9-12)11-5-2-4-10(13)8-11/h2,4-5,8,15H,3,6-7,9,13H2,1H3. The Kier molecular flexibility index (Phi) is 2.57. The lowest BCUT2D eigenvalue weighted by molar-refractivity contribution is 0.0449. The van der Waals surface area contributed by atoms with E-state index in [4.69, 9.17) is 5.73 Å². The Hall–Kier alpha value is -1.22. The molecule has 15 heavy (non-hydrogen) atoms. The van der Waals surface area contributed by atoms with Crippen LogP contribution in [0.2, 0.25) is 0 Å². The Balaban J connectivity index is 2.17. The van der Waals surface area contributed by atoms with E-state index in [0.29, 0.717) is 6.54 Å². The number of nitrogens with two attached hydrogens (primary N) is 1. The highest BCUT2D eigenvalue weighted by molar-refractivity contribution is 5.56. The molecule has 3 N–H and O–H groups in total. The van der Waals surface area contributed by atoms with Crippen molar-refractivity contribution in [3.63, 3.8) is 0 Å². The highest BCUT2D eigenvalue weighted by Crippen LogP contribution is 2.26. The Labute approximate surface area is 90.5 Å². The quantitative estimate of drug-likeness (QED) is 0.686. The van der Waals surface area contributed by atoms with E-state index < -0.39 is 5.60 Å². The molecule has 0 amide bonds. The number of hydrogen-bond acceptors (Lipinski definition) is 3. The number of aliphatic hydroxyl groups is 1. The summed E-state index contributed by atoms with van der Waals surface area (Å²) in [5, 5.41) is 10.0. The summed E-state index contributed by atoms with van der Waals surface area (Å²) < 4.78 is 0. The molecule has 1 aromatic carbocycles. The smallest absolute Gasteiger partial charge is 0.0794 e. The average Bonchev–Trinajstić information content (AvgIpc) is 2.16. The van der Waals surface area contributed by atoms with Crippen molar-refractivity contribution in [2.75, 3.05) is 23.7 Å². The number of nitrogen functional groups attached to an aromatic ring is 1. The van der Waals surface area contributed by atoms with E-state index in [-0.39, 0.29) is 0 Å². The van der Waals surface area contributed by atoms with Gasteiger partial charge in [0.25, 0.3) is 0 Å². The average molecular weight is 206 g/mol. The van der Waals surface area contributed by atoms with Gasteiger partial charge in [0, 0.05) is 24.5 Å². The van der Waals surface area contributed by atoms with E-state index in [2.05, 4.69) is 4.90 Å². The van der Waals surface area contributed by atoms with Crippen LogP contribution >= 0.6 is 0 Å². The van der Waals surface area contributed by atoms with Crippen molar-refractivity contribution in [1.29, 1.82) is 0 Å². The zero-order valence-electron chi connectivity index (χ0n) is 9.11. The molecule has 3 nitrogen and oxygen atoms in total. The van der Waals surface area contributed by atoms with Crippen LogP contribution in [0.3, 0.4) is 0 Å². The molecule has 1 aliphatic heterocycles. The second-order valence-corrected chi connectivity index (χ2v) is 4.62. The summed E-state index contributed by atoms with van der Waals surface area (Å²) >= 11 is 0. The van der Waals surface area contributed by atoms with E-state index >= 15 is 0 Å². The first-order valence-corrected chi connectivity index (χ1v) is 5.40. The first-order chi connectivity index (χ1) is 7.07. The molecule has 0 bridgehead atoms. The number of β-amino-alcohol motifs (C(OH)–C–C–N with tert-alkyl or cyclic N) is 1. The van der Waals surface area contributed by atoms with Gasteiger partial charge in [-0.1, -0.05) is 6.07 Å². The summed E-state index contributed by atoms with van der Waals surface area (Å²) in [6, 6.07) is 7.83. The van der Waals surface area contributed by atoms with Crippen molar-refractivity contribution in [3.05, 3.63) is 24.3 Å². The fourth-order valence-corrected chi connectivity index (χ4v) is 2.16. The first-order valence-electron chi connectivity index (χ1n) is 5.40. The summed E-state index contributed by atoms with van der Waals surface area (Å²) in [5.74, 6) is 0. The van der Waals surface area contributed by atoms with Crippen LogP contribution in [0.4, 0.5) is 11.4 Å². The zero-order chi connectivity index (χ0) is 10.9. The van der Waals surface area contributed by atoms with Gasteiger partial charge in [-0.05, 0) is 38.0 Å². The van der Waals surface area contributed by atoms with E-state index in [0.717, 1.165) is 30.8 Å². The third kappa shape index (κ3) is 2.42. The summed E-state index contributed by atoms with van der Waals surface area (Å²) in [6.45, 7) is 3.58. The van der Waals surface area contributed by atoms with Gasteiger partial charge in [0.05, 0.1) is 5.60 Å². The summed E-state index contributed by atoms with van der Waals surface area (Å²) in [7, 11) is 0. The van der Waals surface area contributed by atoms with E-state index in [1.165, 1.54) is 0 Å². The molecular weight excluding hydrogens is 188 g/mol. The largest absolute Gasteiger partial charge is 0.399 e. The predicted molar refractivity (Wildman–Crippen MR) is 62.9 cm³/mol. The monoisotopic (exact) mass is 206 g/mol. The summed E-state index contributed by atoms with van der Waals surface area (Å²) in [4.78, 5) is 2.19. The molecule has 0 aliphatic carbocycles. The Morgan fingerprint density at radius 1 is 1.47 bits per heavy atom. The Morgan fingerprint density at radius 2 is 2.27 bits per heavy atom. The van der Waals surface area contributed by atoms with Crippen LogP contribution in [-0.2, 0) is 0 Å². The normalized spacial score (nSPS) is 26.7. The van der Waals surface area contributed by atoms with Gasteiger partial charge < -0.3 is 15.7 Å². The molecule has 1 fully saturated rings. The molecule has 2 rings (SSSR count). The molecule has 0 radical (unpaired) electrons. The molecule has 1 aliphatic rings. The second-order valence-electron chi connectivity index (χ2n) is 4.62. The van der Waals surface area contributed by atoms with Crippen molar-refractivity contribution in [3.8, 4) is 0 Å². The maximum Gasteiger partial charge on any atom is 0.0794 e. The third-order valence-electron chi connectivity index (χ3n) is 2.91. The van der Waals surface area contributed by atoms with Crippen LogP contribution in [-0.4, -0.2) is 23.8 Å². The second kappa shape index (κ2) is 3.74. The topological polar surface area (TPSA) is 49.5 Å². The lowest BCUT2D eigenvalue weighted by atomic mass is 9.95. The maximum absolute atomic E-state index is 10.0. The van der Waals surface area contributed by atoms with Crippen LogP contribution in [0, 0.1) is 0 Å². The summed E-state index contributed by atoms with van der Waals surface area (Å²) in [5.41, 5.74) is 7.06. The van der Waals surface area contributed by atoms with Gasteiger partial charge in [-0.15, -0.1) is 0 Å². The number of anilines is 2. The fraction of sp³-hybridized carbons (Fsp3) is 0.500. The minimum absolute atomic E-state index is 0.567. The fourth-order valence-electron chi connectivity index (χ4n) is 2.16. The highest BCUT2D eigenvalue weighted by atomic mass is 16.3. The van der Waals surface area contributed by atoms with Gasteiger partial charge in [-0.25, -0.2) is 0 Å². The number of piperidine rings is 1. The molecule has 0 aromatic heterocycles. The molecule has 0 spiro atoms. The minimum Gasteiger partial charge on any atom is -0.399 e. The number of rotatable bonds is 1. The summed E-state index contributed by atoms with van der Waals surface area (Å²) in [6.07, 6.45) is 1.91. The lowest BCUT2D eigenvalue weighted by Gasteiger charge is -2.38. The number of hydrogen-bond donors (Lipinski definition) is 2. The molecule has 82 valence electrons. The number of nitrogens with zero attached hydrogens (tertiary/aromatic N) is 1. The van der Waals surface area contributed by atoms with Crippen LogP contribution in [0.15, 0.2) is 24.3 Å². The van der Waals surface area contributed by atoms with Gasteiger partial charge in [0.1, 0.15) is 0 Å². The van der Waals surface area contributed by atoms with Gasteiger partial charge in [-0.2, -0.15) is 0 Å². The molecule has 1 heterocycles. The van der Waals surface area contributed by atoms with E-state index in [1.807, 2.05) is 31.2 Å². The van der Waals surface area contributed by atoms with Crippen LogP contribution < -0.4 is 10.6 Å². The van der Waals surface area contributed by atoms with Gasteiger partial charge in [0.2, 0.25) is 0 Å². The van der Waals surface area contributed by atoms with Crippen molar-refractivity contribution >= 4 is 11.4 Å². The molecule has 3 heteroatoms. The van der Waals surface area contributed by atoms with Crippen molar-refractivity contribution in [2.24, 2.45) is 0 Å². The van der Waals surface area contributed by atoms with Crippen LogP contribution in [0.5, 0.6) is 0 Å². The van der Waals surface area contributed by atoms with E-state index in [9.17, 15) is 5.11 Å². The van der Waals surface area contributed by atoms with Gasteiger partial charge in [-0.3, -0.25) is 0 Å². The van der Waals surface area contributed by atoms with Crippen molar-refractivity contribution < 1.29 is 5.11 Å². The van der Waals surface area contributed by atoms with E-state index in [1.54, 1.807) is 0 Å². The van der Waals surface area contributed by atoms with Gasteiger partial charge >= 0.3 is 0 Å². The highest BCUT2D eigenvalue weighted by Gasteiger charge is 2.28. The van der Waals surface area contributed by atoms with Crippen molar-refractivity contribution in [2.45, 2.75) is 25.4 Å². The van der Waals surface area contributed by atoms with Crippen LogP contribution in [0.1, 0.15) is 19.8 Å². The Morgan fingerprint density at radius 3 is 2.93 bits per heavy atom. The van der Waals surface area contributed by atoms with Gasteiger partial charge in [0.15, 0.2) is 0 Å². The molecule has 1 atom stereocenters. The molecule has 1 aromatic rings. The molecule has 0 saturated carbocycles. The number of benzene rings is 1. The third-order valence-corrected chi connectivity index (χ3v) is 2.91. The molecule has 1 unspecified atom stereocenters. The maximum atomic E-state index is 10.0. The molecular formula is C12H18N2O. The molecule has 1 saturated heterocycles. The van der Waals surface area contributed by atoms with Crippen LogP contribution in [0.25, 0.3) is 0 Å². The predicted octanol–water partition coefficient (Wildman–Crippen LogP) is 1.62.